The largest absolute Gasteiger partial charge is 0.396 e. The van der Waals surface area contributed by atoms with Crippen molar-refractivity contribution < 1.29 is 14.3 Å². The molecular formula is C13H16FNO2. The lowest BCUT2D eigenvalue weighted by molar-refractivity contribution is -0.129. The Labute approximate surface area is 99.9 Å². The molecule has 2 rings (SSSR count). The van der Waals surface area contributed by atoms with Crippen LogP contribution in [0.5, 0.6) is 0 Å². The van der Waals surface area contributed by atoms with Crippen LogP contribution in [0.15, 0.2) is 24.3 Å². The Morgan fingerprint density at radius 1 is 1.47 bits per heavy atom. The zero-order valence-electron chi connectivity index (χ0n) is 9.77. The van der Waals surface area contributed by atoms with Crippen LogP contribution in [0.25, 0.3) is 0 Å². The van der Waals surface area contributed by atoms with Crippen LogP contribution in [0.1, 0.15) is 24.9 Å². The van der Waals surface area contributed by atoms with E-state index in [4.69, 9.17) is 5.11 Å². The topological polar surface area (TPSA) is 40.5 Å². The van der Waals surface area contributed by atoms with Gasteiger partial charge in [-0.05, 0) is 24.6 Å². The lowest BCUT2D eigenvalue weighted by Crippen LogP contribution is -2.28. The second-order valence-electron chi connectivity index (χ2n) is 4.53. The fourth-order valence-corrected chi connectivity index (χ4v) is 2.23. The van der Waals surface area contributed by atoms with E-state index < -0.39 is 0 Å². The molecule has 1 heterocycles. The molecule has 4 heteroatoms. The first-order valence-corrected chi connectivity index (χ1v) is 5.77. The Morgan fingerprint density at radius 2 is 2.12 bits per heavy atom. The van der Waals surface area contributed by atoms with E-state index in [0.717, 1.165) is 5.56 Å². The van der Waals surface area contributed by atoms with E-state index in [0.29, 0.717) is 13.0 Å². The lowest BCUT2D eigenvalue weighted by atomic mass is 10.1. The van der Waals surface area contributed by atoms with Crippen LogP contribution in [-0.4, -0.2) is 29.1 Å². The zero-order valence-corrected chi connectivity index (χ0v) is 9.77. The second kappa shape index (κ2) is 4.84. The maximum absolute atomic E-state index is 12.8. The molecule has 0 aromatic heterocycles. The number of hydrogen-bond acceptors (Lipinski definition) is 2. The molecule has 1 aromatic carbocycles. The van der Waals surface area contributed by atoms with E-state index in [9.17, 15) is 9.18 Å². The fraction of sp³-hybridized carbons (Fsp3) is 0.462. The normalized spacial score (nSPS) is 21.9. The van der Waals surface area contributed by atoms with Gasteiger partial charge in [0.1, 0.15) is 5.82 Å². The number of amides is 1. The van der Waals surface area contributed by atoms with Gasteiger partial charge in [-0.15, -0.1) is 0 Å². The van der Waals surface area contributed by atoms with Gasteiger partial charge in [-0.2, -0.15) is 0 Å². The third-order valence-corrected chi connectivity index (χ3v) is 3.32. The summed E-state index contributed by atoms with van der Waals surface area (Å²) in [5.41, 5.74) is 0.915. The highest BCUT2D eigenvalue weighted by Gasteiger charge is 2.32. The summed E-state index contributed by atoms with van der Waals surface area (Å²) in [4.78, 5) is 13.5. The Bertz CT molecular complexity index is 404. The van der Waals surface area contributed by atoms with Crippen molar-refractivity contribution in [3.63, 3.8) is 0 Å². The zero-order chi connectivity index (χ0) is 12.4. The molecule has 3 nitrogen and oxygen atoms in total. The molecule has 0 aliphatic carbocycles. The van der Waals surface area contributed by atoms with E-state index in [1.165, 1.54) is 12.1 Å². The maximum Gasteiger partial charge on any atom is 0.223 e. The molecule has 2 atom stereocenters. The standard InChI is InChI=1S/C13H16FNO2/c1-9(11-2-4-12(14)5-3-11)15-7-10(8-16)6-13(15)17/h2-5,9-10,16H,6-8H2,1H3. The summed E-state index contributed by atoms with van der Waals surface area (Å²) in [5.74, 6) is -0.187. The van der Waals surface area contributed by atoms with Crippen molar-refractivity contribution in [2.75, 3.05) is 13.2 Å². The van der Waals surface area contributed by atoms with E-state index in [2.05, 4.69) is 0 Å². The minimum atomic E-state index is -0.276. The number of benzene rings is 1. The van der Waals surface area contributed by atoms with E-state index in [1.807, 2.05) is 6.92 Å². The maximum atomic E-state index is 12.8. The number of likely N-dealkylation sites (tertiary alicyclic amines) is 1. The predicted molar refractivity (Wildman–Crippen MR) is 61.7 cm³/mol. The Kier molecular flexibility index (Phi) is 3.43. The van der Waals surface area contributed by atoms with E-state index in [-0.39, 0.29) is 30.3 Å². The van der Waals surface area contributed by atoms with Crippen LogP contribution in [0.2, 0.25) is 0 Å². The van der Waals surface area contributed by atoms with E-state index in [1.54, 1.807) is 17.0 Å². The van der Waals surface area contributed by atoms with Crippen LogP contribution in [-0.2, 0) is 4.79 Å². The van der Waals surface area contributed by atoms with Crippen molar-refractivity contribution in [3.8, 4) is 0 Å². The number of nitrogens with zero attached hydrogens (tertiary/aromatic N) is 1. The molecule has 1 amide bonds. The van der Waals surface area contributed by atoms with Gasteiger partial charge >= 0.3 is 0 Å². The Hall–Kier alpha value is -1.42. The Balaban J connectivity index is 2.12. The summed E-state index contributed by atoms with van der Waals surface area (Å²) in [6.45, 7) is 2.54. The van der Waals surface area contributed by atoms with Gasteiger partial charge in [-0.25, -0.2) is 4.39 Å². The number of halogens is 1. The summed E-state index contributed by atoms with van der Waals surface area (Å²) >= 11 is 0. The molecule has 1 N–H and O–H groups in total. The van der Waals surface area contributed by atoms with Gasteiger partial charge in [0.25, 0.3) is 0 Å². The van der Waals surface area contributed by atoms with Gasteiger partial charge in [-0.3, -0.25) is 4.79 Å². The lowest BCUT2D eigenvalue weighted by Gasteiger charge is -2.25. The molecule has 0 radical (unpaired) electrons. The molecule has 1 aromatic rings. The van der Waals surface area contributed by atoms with Gasteiger partial charge in [0.15, 0.2) is 0 Å². The molecule has 1 aliphatic heterocycles. The van der Waals surface area contributed by atoms with Crippen LogP contribution >= 0.6 is 0 Å². The molecule has 2 unspecified atom stereocenters. The smallest absolute Gasteiger partial charge is 0.223 e. The van der Waals surface area contributed by atoms with Crippen LogP contribution in [0.4, 0.5) is 4.39 Å². The molecule has 1 fully saturated rings. The average molecular weight is 237 g/mol. The van der Waals surface area contributed by atoms with Crippen molar-refractivity contribution in [2.45, 2.75) is 19.4 Å². The Morgan fingerprint density at radius 3 is 2.65 bits per heavy atom. The summed E-state index contributed by atoms with van der Waals surface area (Å²) in [7, 11) is 0. The summed E-state index contributed by atoms with van der Waals surface area (Å²) < 4.78 is 12.8. The first-order chi connectivity index (χ1) is 8.11. The molecular weight excluding hydrogens is 221 g/mol. The highest BCUT2D eigenvalue weighted by Crippen LogP contribution is 2.28. The number of carbonyl (C=O) groups is 1. The molecule has 0 spiro atoms. The molecule has 92 valence electrons. The van der Waals surface area contributed by atoms with Gasteiger partial charge in [0.05, 0.1) is 6.04 Å². The van der Waals surface area contributed by atoms with Crippen molar-refractivity contribution in [1.82, 2.24) is 4.90 Å². The first kappa shape index (κ1) is 12.0. The number of aliphatic hydroxyl groups is 1. The molecule has 1 aliphatic rings. The monoisotopic (exact) mass is 237 g/mol. The minimum Gasteiger partial charge on any atom is -0.396 e. The van der Waals surface area contributed by atoms with Crippen LogP contribution in [0, 0.1) is 11.7 Å². The van der Waals surface area contributed by atoms with Gasteiger partial charge in [0, 0.05) is 25.5 Å². The number of aliphatic hydroxyl groups excluding tert-OH is 1. The summed E-state index contributed by atoms with van der Waals surface area (Å²) in [6.07, 6.45) is 0.405. The first-order valence-electron chi connectivity index (χ1n) is 5.77. The number of hydrogen-bond donors (Lipinski definition) is 1. The van der Waals surface area contributed by atoms with Crippen LogP contribution < -0.4 is 0 Å². The SMILES string of the molecule is CC(c1ccc(F)cc1)N1CC(CO)CC1=O. The highest BCUT2D eigenvalue weighted by atomic mass is 19.1. The van der Waals surface area contributed by atoms with Crippen molar-refractivity contribution in [3.05, 3.63) is 35.6 Å². The molecule has 1 saturated heterocycles. The quantitative estimate of drug-likeness (QED) is 0.869. The predicted octanol–water partition coefficient (Wildman–Crippen LogP) is 1.73. The summed E-state index contributed by atoms with van der Waals surface area (Å²) in [6, 6.07) is 6.12. The van der Waals surface area contributed by atoms with E-state index >= 15 is 0 Å². The van der Waals surface area contributed by atoms with Gasteiger partial charge in [-0.1, -0.05) is 12.1 Å². The average Bonchev–Trinajstić information content (AvgIpc) is 2.71. The van der Waals surface area contributed by atoms with Crippen molar-refractivity contribution in [1.29, 1.82) is 0 Å². The highest BCUT2D eigenvalue weighted by molar-refractivity contribution is 5.79. The van der Waals surface area contributed by atoms with Gasteiger partial charge in [0.2, 0.25) is 5.91 Å². The van der Waals surface area contributed by atoms with Gasteiger partial charge < -0.3 is 10.0 Å². The van der Waals surface area contributed by atoms with Crippen LogP contribution in [0.3, 0.4) is 0 Å². The third-order valence-electron chi connectivity index (χ3n) is 3.32. The minimum absolute atomic E-state index is 0.0328. The fourth-order valence-electron chi connectivity index (χ4n) is 2.23. The summed E-state index contributed by atoms with van der Waals surface area (Å²) in [5, 5.41) is 9.06. The van der Waals surface area contributed by atoms with Crippen molar-refractivity contribution >= 4 is 5.91 Å². The molecule has 0 saturated carbocycles. The van der Waals surface area contributed by atoms with Crippen molar-refractivity contribution in [2.24, 2.45) is 5.92 Å². The molecule has 0 bridgehead atoms. The third kappa shape index (κ3) is 2.47. The number of rotatable bonds is 3. The molecule has 17 heavy (non-hydrogen) atoms. The second-order valence-corrected chi connectivity index (χ2v) is 4.53. The number of carbonyl (C=O) groups excluding carboxylic acids is 1.